The molecule has 1 aliphatic carbocycles. The molecular weight excluding hydrogens is 476 g/mol. The third kappa shape index (κ3) is 6.45. The number of hydrogen-bond donors (Lipinski definition) is 3. The highest BCUT2D eigenvalue weighted by Gasteiger charge is 2.43. The van der Waals surface area contributed by atoms with Gasteiger partial charge in [-0.3, -0.25) is 14.4 Å². The van der Waals surface area contributed by atoms with Crippen LogP contribution in [-0.2, 0) is 14.4 Å². The number of benzene rings is 2. The molecule has 0 spiro atoms. The smallest absolute Gasteiger partial charge is 0.246 e. The molecule has 194 valence electrons. The van der Waals surface area contributed by atoms with E-state index in [4.69, 9.17) is 5.73 Å². The lowest BCUT2D eigenvalue weighted by atomic mass is 9.82. The summed E-state index contributed by atoms with van der Waals surface area (Å²) >= 11 is 0. The molecule has 1 aliphatic heterocycles. The molecule has 3 amide bonds. The van der Waals surface area contributed by atoms with Crippen LogP contribution in [0.25, 0.3) is 0 Å². The van der Waals surface area contributed by atoms with Crippen molar-refractivity contribution in [2.45, 2.75) is 69.6 Å². The zero-order valence-electron chi connectivity index (χ0n) is 20.8. The minimum atomic E-state index is -0.693. The molecule has 7 nitrogen and oxygen atoms in total. The van der Waals surface area contributed by atoms with Crippen LogP contribution < -0.4 is 16.4 Å². The first-order chi connectivity index (χ1) is 17.0. The van der Waals surface area contributed by atoms with Crippen LogP contribution in [-0.4, -0.2) is 47.3 Å². The second kappa shape index (κ2) is 12.9. The van der Waals surface area contributed by atoms with Crippen molar-refractivity contribution < 1.29 is 14.4 Å². The third-order valence-electron chi connectivity index (χ3n) is 7.26. The molecule has 0 bridgehead atoms. The summed E-state index contributed by atoms with van der Waals surface area (Å²) in [6.07, 6.45) is 5.62. The van der Waals surface area contributed by atoms with Crippen molar-refractivity contribution in [1.82, 2.24) is 15.5 Å². The minimum Gasteiger partial charge on any atom is -0.343 e. The van der Waals surface area contributed by atoms with Gasteiger partial charge < -0.3 is 21.3 Å². The van der Waals surface area contributed by atoms with Crippen molar-refractivity contribution in [3.8, 4) is 0 Å². The summed E-state index contributed by atoms with van der Waals surface area (Å²) in [5, 5.41) is 6.07. The van der Waals surface area contributed by atoms with Crippen LogP contribution in [0.2, 0.25) is 0 Å². The van der Waals surface area contributed by atoms with Crippen molar-refractivity contribution >= 4 is 30.1 Å². The van der Waals surface area contributed by atoms with Crippen LogP contribution in [0.3, 0.4) is 0 Å². The molecule has 2 fully saturated rings. The summed E-state index contributed by atoms with van der Waals surface area (Å²) in [5.74, 6) is -0.607. The van der Waals surface area contributed by atoms with E-state index in [1.165, 1.54) is 0 Å². The quantitative estimate of drug-likeness (QED) is 0.504. The summed E-state index contributed by atoms with van der Waals surface area (Å²) in [6.45, 7) is 2.13. The lowest BCUT2D eigenvalue weighted by molar-refractivity contribution is -0.151. The zero-order valence-corrected chi connectivity index (χ0v) is 21.6. The van der Waals surface area contributed by atoms with Crippen molar-refractivity contribution in [3.63, 3.8) is 0 Å². The topological polar surface area (TPSA) is 105 Å². The molecule has 4 N–H and O–H groups in total. The van der Waals surface area contributed by atoms with Gasteiger partial charge in [0, 0.05) is 6.54 Å². The van der Waals surface area contributed by atoms with Crippen LogP contribution in [0, 0.1) is 5.92 Å². The van der Waals surface area contributed by atoms with Crippen LogP contribution in [0.5, 0.6) is 0 Å². The molecule has 1 heterocycles. The Morgan fingerprint density at radius 1 is 0.861 bits per heavy atom. The van der Waals surface area contributed by atoms with E-state index >= 15 is 0 Å². The molecule has 2 aromatic carbocycles. The van der Waals surface area contributed by atoms with Crippen molar-refractivity contribution in [1.29, 1.82) is 0 Å². The molecule has 2 aromatic rings. The summed E-state index contributed by atoms with van der Waals surface area (Å²) in [4.78, 5) is 41.1. The van der Waals surface area contributed by atoms with E-state index in [1.54, 1.807) is 11.8 Å². The first-order valence-corrected chi connectivity index (χ1v) is 12.7. The van der Waals surface area contributed by atoms with Crippen LogP contribution in [0.15, 0.2) is 60.7 Å². The predicted octanol–water partition coefficient (Wildman–Crippen LogP) is 3.33. The molecule has 3 atom stereocenters. The number of nitrogens with one attached hydrogen (secondary N) is 2. The fourth-order valence-corrected chi connectivity index (χ4v) is 5.12. The lowest BCUT2D eigenvalue weighted by Gasteiger charge is -2.44. The van der Waals surface area contributed by atoms with Gasteiger partial charge in [-0.25, -0.2) is 0 Å². The van der Waals surface area contributed by atoms with Gasteiger partial charge in [0.05, 0.1) is 12.1 Å². The Balaban J connectivity index is 0.00000361. The average Bonchev–Trinajstić information content (AvgIpc) is 2.86. The molecule has 36 heavy (non-hydrogen) atoms. The number of carbonyl (C=O) groups excluding carboxylic acids is 3. The number of likely N-dealkylation sites (tertiary alicyclic amines) is 1. The Morgan fingerprint density at radius 3 is 1.89 bits per heavy atom. The van der Waals surface area contributed by atoms with E-state index < -0.39 is 18.1 Å². The monoisotopic (exact) mass is 512 g/mol. The van der Waals surface area contributed by atoms with Crippen molar-refractivity contribution in [2.24, 2.45) is 11.7 Å². The Bertz CT molecular complexity index is 972. The van der Waals surface area contributed by atoms with Gasteiger partial charge in [0.15, 0.2) is 0 Å². The number of amides is 3. The van der Waals surface area contributed by atoms with Gasteiger partial charge in [-0.15, -0.1) is 12.4 Å². The van der Waals surface area contributed by atoms with Crippen LogP contribution in [0.4, 0.5) is 0 Å². The number of halogens is 1. The maximum atomic E-state index is 13.6. The number of carbonyl (C=O) groups is 3. The van der Waals surface area contributed by atoms with Gasteiger partial charge in [-0.1, -0.05) is 79.9 Å². The Kier molecular flexibility index (Phi) is 9.90. The average molecular weight is 513 g/mol. The molecule has 2 aliphatic rings. The van der Waals surface area contributed by atoms with Gasteiger partial charge in [0.2, 0.25) is 17.7 Å². The summed E-state index contributed by atoms with van der Waals surface area (Å²) in [6, 6.07) is 17.5. The molecule has 8 heteroatoms. The Hall–Kier alpha value is -2.90. The molecular formula is C28H37ClN4O3. The molecule has 1 saturated heterocycles. The molecule has 1 saturated carbocycles. The highest BCUT2D eigenvalue weighted by Crippen LogP contribution is 2.30. The molecule has 0 aromatic heterocycles. The van der Waals surface area contributed by atoms with E-state index in [0.29, 0.717) is 13.0 Å². The maximum absolute atomic E-state index is 13.6. The first kappa shape index (κ1) is 27.7. The van der Waals surface area contributed by atoms with E-state index in [2.05, 4.69) is 10.6 Å². The summed E-state index contributed by atoms with van der Waals surface area (Å²) in [7, 11) is 0. The number of nitrogens with zero attached hydrogens (tertiary/aromatic N) is 1. The molecule has 4 rings (SSSR count). The first-order valence-electron chi connectivity index (χ1n) is 12.7. The summed E-state index contributed by atoms with van der Waals surface area (Å²) in [5.41, 5.74) is 7.74. The minimum absolute atomic E-state index is 0. The molecule has 0 radical (unpaired) electrons. The normalized spacial score (nSPS) is 19.4. The molecule has 0 unspecified atom stereocenters. The maximum Gasteiger partial charge on any atom is 0.246 e. The van der Waals surface area contributed by atoms with E-state index in [0.717, 1.165) is 43.2 Å². The van der Waals surface area contributed by atoms with Crippen LogP contribution >= 0.6 is 12.4 Å². The Labute approximate surface area is 219 Å². The highest BCUT2D eigenvalue weighted by molar-refractivity contribution is 5.94. The largest absolute Gasteiger partial charge is 0.343 e. The third-order valence-corrected chi connectivity index (χ3v) is 7.26. The van der Waals surface area contributed by atoms with E-state index in [-0.39, 0.29) is 42.1 Å². The number of nitrogens with two attached hydrogens (primary N) is 1. The number of rotatable bonds is 8. The van der Waals surface area contributed by atoms with Gasteiger partial charge in [-0.05, 0) is 43.2 Å². The lowest BCUT2D eigenvalue weighted by Crippen LogP contribution is -2.64. The van der Waals surface area contributed by atoms with Gasteiger partial charge in [0.25, 0.3) is 0 Å². The van der Waals surface area contributed by atoms with Crippen LogP contribution in [0.1, 0.15) is 62.6 Å². The van der Waals surface area contributed by atoms with Gasteiger partial charge in [0.1, 0.15) is 12.1 Å². The predicted molar refractivity (Wildman–Crippen MR) is 142 cm³/mol. The van der Waals surface area contributed by atoms with E-state index in [9.17, 15) is 14.4 Å². The highest BCUT2D eigenvalue weighted by atomic mass is 35.5. The SMILES string of the molecule is C[C@H](N)C(=O)N[C@H](C(=O)N1CC[C@H]1C(=O)NC(c1ccccc1)c1ccccc1)C1CCCCC1.Cl. The second-order valence-electron chi connectivity index (χ2n) is 9.77. The second-order valence-corrected chi connectivity index (χ2v) is 9.77. The number of hydrogen-bond acceptors (Lipinski definition) is 4. The zero-order chi connectivity index (χ0) is 24.8. The van der Waals surface area contributed by atoms with Crippen molar-refractivity contribution in [3.05, 3.63) is 71.8 Å². The summed E-state index contributed by atoms with van der Waals surface area (Å²) < 4.78 is 0. The van der Waals surface area contributed by atoms with Gasteiger partial charge >= 0.3 is 0 Å². The Morgan fingerprint density at radius 2 is 1.42 bits per heavy atom. The van der Waals surface area contributed by atoms with Gasteiger partial charge in [-0.2, -0.15) is 0 Å². The standard InChI is InChI=1S/C28H36N4O3.ClH/c1-19(29)26(33)31-25(22-15-9-4-10-16-22)28(35)32-18-17-23(32)27(34)30-24(20-11-5-2-6-12-20)21-13-7-3-8-14-21;/h2-3,5-8,11-14,19,22-25H,4,9-10,15-18,29H2,1H3,(H,30,34)(H,31,33);1H/t19-,23-,25-;/m0./s1. The fraction of sp³-hybridized carbons (Fsp3) is 0.464. The van der Waals surface area contributed by atoms with Crippen molar-refractivity contribution in [2.75, 3.05) is 6.54 Å². The van der Waals surface area contributed by atoms with E-state index in [1.807, 2.05) is 60.7 Å². The fourth-order valence-electron chi connectivity index (χ4n) is 5.12.